The monoisotopic (exact) mass is 364 g/mol. The second kappa shape index (κ2) is 8.45. The summed E-state index contributed by atoms with van der Waals surface area (Å²) in [5.74, 6) is -0.466. The van der Waals surface area contributed by atoms with E-state index in [0.717, 1.165) is 11.1 Å². The Morgan fingerprint density at radius 2 is 1.38 bits per heavy atom. The molecule has 0 spiro atoms. The van der Waals surface area contributed by atoms with Crippen LogP contribution in [0.4, 0.5) is 0 Å². The van der Waals surface area contributed by atoms with Crippen molar-refractivity contribution in [3.8, 4) is 0 Å². The summed E-state index contributed by atoms with van der Waals surface area (Å²) >= 11 is 1.35. The molecule has 0 saturated carbocycles. The van der Waals surface area contributed by atoms with Crippen LogP contribution in [-0.4, -0.2) is 17.9 Å². The minimum atomic E-state index is -0.639. The van der Waals surface area contributed by atoms with Crippen molar-refractivity contribution in [1.82, 2.24) is 10.6 Å². The molecule has 0 fully saturated rings. The first kappa shape index (κ1) is 17.9. The molecule has 0 radical (unpaired) electrons. The number of nitrogens with one attached hydrogen (secondary N) is 2. The SMILES string of the molecule is CC(NC(=O)c1cccs1)C(=O)NC(c1ccccc1)c1ccccc1. The molecule has 3 aromatic rings. The number of hydrogen-bond acceptors (Lipinski definition) is 3. The van der Waals surface area contributed by atoms with Gasteiger partial charge in [0.2, 0.25) is 5.91 Å². The highest BCUT2D eigenvalue weighted by Gasteiger charge is 2.22. The minimum absolute atomic E-state index is 0.229. The molecule has 2 amide bonds. The van der Waals surface area contributed by atoms with E-state index in [1.807, 2.05) is 72.1 Å². The number of hydrogen-bond donors (Lipinski definition) is 2. The average Bonchev–Trinajstić information content (AvgIpc) is 3.22. The largest absolute Gasteiger partial charge is 0.343 e. The molecule has 1 atom stereocenters. The third kappa shape index (κ3) is 4.37. The van der Waals surface area contributed by atoms with Crippen LogP contribution in [0, 0.1) is 0 Å². The highest BCUT2D eigenvalue weighted by molar-refractivity contribution is 7.12. The summed E-state index contributed by atoms with van der Waals surface area (Å²) in [6.45, 7) is 1.69. The van der Waals surface area contributed by atoms with E-state index in [4.69, 9.17) is 0 Å². The van der Waals surface area contributed by atoms with Crippen molar-refractivity contribution in [2.75, 3.05) is 0 Å². The fraction of sp³-hybridized carbons (Fsp3) is 0.143. The molecule has 1 aromatic heterocycles. The Morgan fingerprint density at radius 1 is 0.808 bits per heavy atom. The maximum Gasteiger partial charge on any atom is 0.261 e. The van der Waals surface area contributed by atoms with E-state index in [1.54, 1.807) is 13.0 Å². The number of carbonyl (C=O) groups excluding carboxylic acids is 2. The van der Waals surface area contributed by atoms with Crippen molar-refractivity contribution in [3.05, 3.63) is 94.2 Å². The fourth-order valence-corrected chi connectivity index (χ4v) is 3.29. The van der Waals surface area contributed by atoms with Crippen molar-refractivity contribution in [2.24, 2.45) is 0 Å². The third-order valence-corrected chi connectivity index (χ3v) is 4.91. The maximum absolute atomic E-state index is 12.7. The predicted molar refractivity (Wildman–Crippen MR) is 104 cm³/mol. The number of amides is 2. The summed E-state index contributed by atoms with van der Waals surface area (Å²) in [6.07, 6.45) is 0. The highest BCUT2D eigenvalue weighted by Crippen LogP contribution is 2.21. The van der Waals surface area contributed by atoms with Crippen LogP contribution in [0.5, 0.6) is 0 Å². The molecule has 0 saturated heterocycles. The van der Waals surface area contributed by atoms with Crippen molar-refractivity contribution < 1.29 is 9.59 Å². The molecule has 3 rings (SSSR count). The quantitative estimate of drug-likeness (QED) is 0.699. The van der Waals surface area contributed by atoms with Crippen molar-refractivity contribution in [1.29, 1.82) is 0 Å². The van der Waals surface area contributed by atoms with E-state index >= 15 is 0 Å². The van der Waals surface area contributed by atoms with E-state index in [0.29, 0.717) is 4.88 Å². The summed E-state index contributed by atoms with van der Waals surface area (Å²) in [5.41, 5.74) is 1.98. The number of rotatable bonds is 6. The smallest absolute Gasteiger partial charge is 0.261 e. The van der Waals surface area contributed by atoms with Crippen LogP contribution in [0.25, 0.3) is 0 Å². The van der Waals surface area contributed by atoms with E-state index in [2.05, 4.69) is 10.6 Å². The molecule has 2 aromatic carbocycles. The molecule has 1 unspecified atom stereocenters. The lowest BCUT2D eigenvalue weighted by Crippen LogP contribution is -2.45. The molecule has 1 heterocycles. The van der Waals surface area contributed by atoms with Crippen LogP contribution >= 0.6 is 11.3 Å². The first-order valence-electron chi connectivity index (χ1n) is 8.40. The maximum atomic E-state index is 12.7. The zero-order valence-electron chi connectivity index (χ0n) is 14.4. The number of carbonyl (C=O) groups is 2. The van der Waals surface area contributed by atoms with Crippen molar-refractivity contribution in [2.45, 2.75) is 19.0 Å². The lowest BCUT2D eigenvalue weighted by Gasteiger charge is -2.22. The predicted octanol–water partition coefficient (Wildman–Crippen LogP) is 3.77. The van der Waals surface area contributed by atoms with Gasteiger partial charge in [-0.15, -0.1) is 11.3 Å². The molecule has 132 valence electrons. The summed E-state index contributed by atoms with van der Waals surface area (Å²) in [4.78, 5) is 25.4. The van der Waals surface area contributed by atoms with Gasteiger partial charge in [0.25, 0.3) is 5.91 Å². The lowest BCUT2D eigenvalue weighted by atomic mass is 9.98. The van der Waals surface area contributed by atoms with Gasteiger partial charge in [0.15, 0.2) is 0 Å². The van der Waals surface area contributed by atoms with E-state index < -0.39 is 6.04 Å². The molecule has 0 aliphatic carbocycles. The first-order valence-corrected chi connectivity index (χ1v) is 9.28. The van der Waals surface area contributed by atoms with E-state index in [9.17, 15) is 9.59 Å². The van der Waals surface area contributed by atoms with Gasteiger partial charge < -0.3 is 10.6 Å². The Hall–Kier alpha value is -2.92. The topological polar surface area (TPSA) is 58.2 Å². The van der Waals surface area contributed by atoms with Crippen LogP contribution in [0.2, 0.25) is 0 Å². The van der Waals surface area contributed by atoms with Gasteiger partial charge in [0.05, 0.1) is 10.9 Å². The molecular formula is C21H20N2O2S. The standard InChI is InChI=1S/C21H20N2O2S/c1-15(22-21(25)18-13-8-14-26-18)20(24)23-19(16-9-4-2-5-10-16)17-11-6-3-7-12-17/h2-15,19H,1H3,(H,22,25)(H,23,24). The molecule has 0 bridgehead atoms. The summed E-state index contributed by atoms with van der Waals surface area (Å²) < 4.78 is 0. The summed E-state index contributed by atoms with van der Waals surface area (Å²) in [6, 6.07) is 22.2. The van der Waals surface area contributed by atoms with Crippen LogP contribution < -0.4 is 10.6 Å². The summed E-state index contributed by atoms with van der Waals surface area (Å²) in [5, 5.41) is 7.63. The molecule has 0 aliphatic heterocycles. The van der Waals surface area contributed by atoms with Gasteiger partial charge >= 0.3 is 0 Å². The molecule has 5 heteroatoms. The summed E-state index contributed by atoms with van der Waals surface area (Å²) in [7, 11) is 0. The molecule has 0 aliphatic rings. The number of thiophene rings is 1. The Morgan fingerprint density at radius 3 is 1.88 bits per heavy atom. The normalized spacial score (nSPS) is 11.8. The Labute approximate surface area is 156 Å². The first-order chi connectivity index (χ1) is 12.6. The Bertz CT molecular complexity index is 809. The molecule has 2 N–H and O–H groups in total. The van der Waals surface area contributed by atoms with E-state index in [1.165, 1.54) is 11.3 Å². The van der Waals surface area contributed by atoms with Gasteiger partial charge in [0.1, 0.15) is 6.04 Å². The second-order valence-electron chi connectivity index (χ2n) is 5.94. The highest BCUT2D eigenvalue weighted by atomic mass is 32.1. The van der Waals surface area contributed by atoms with Crippen molar-refractivity contribution >= 4 is 23.2 Å². The Balaban J connectivity index is 1.74. The molecular weight excluding hydrogens is 344 g/mol. The zero-order chi connectivity index (χ0) is 18.4. The van der Waals surface area contributed by atoms with Gasteiger partial charge in [-0.2, -0.15) is 0 Å². The fourth-order valence-electron chi connectivity index (χ4n) is 2.66. The zero-order valence-corrected chi connectivity index (χ0v) is 15.2. The third-order valence-electron chi connectivity index (χ3n) is 4.04. The van der Waals surface area contributed by atoms with Gasteiger partial charge in [-0.1, -0.05) is 66.7 Å². The van der Waals surface area contributed by atoms with Crippen LogP contribution in [0.1, 0.15) is 33.8 Å². The Kier molecular flexibility index (Phi) is 5.81. The van der Waals surface area contributed by atoms with Gasteiger partial charge in [-0.25, -0.2) is 0 Å². The van der Waals surface area contributed by atoms with Crippen LogP contribution in [0.3, 0.4) is 0 Å². The second-order valence-corrected chi connectivity index (χ2v) is 6.88. The minimum Gasteiger partial charge on any atom is -0.343 e. The average molecular weight is 364 g/mol. The van der Waals surface area contributed by atoms with Gasteiger partial charge in [-0.05, 0) is 29.5 Å². The van der Waals surface area contributed by atoms with Crippen molar-refractivity contribution in [3.63, 3.8) is 0 Å². The number of benzene rings is 2. The molecule has 26 heavy (non-hydrogen) atoms. The molecule has 4 nitrogen and oxygen atoms in total. The van der Waals surface area contributed by atoms with Crippen LogP contribution in [0.15, 0.2) is 78.2 Å². The lowest BCUT2D eigenvalue weighted by molar-refractivity contribution is -0.123. The van der Waals surface area contributed by atoms with E-state index in [-0.39, 0.29) is 17.9 Å². The van der Waals surface area contributed by atoms with Crippen LogP contribution in [-0.2, 0) is 4.79 Å². The van der Waals surface area contributed by atoms with Gasteiger partial charge in [-0.3, -0.25) is 9.59 Å². The van der Waals surface area contributed by atoms with Gasteiger partial charge in [0, 0.05) is 0 Å².